The summed E-state index contributed by atoms with van der Waals surface area (Å²) in [7, 11) is 0. The van der Waals surface area contributed by atoms with Gasteiger partial charge in [0, 0.05) is 31.4 Å². The van der Waals surface area contributed by atoms with E-state index in [9.17, 15) is 0 Å². The Bertz CT molecular complexity index is 402. The first kappa shape index (κ1) is 16.4. The number of nitrogens with zero attached hydrogens (tertiary/aromatic N) is 1. The molecule has 1 unspecified atom stereocenters. The molecule has 2 heteroatoms. The molecular formula is C19H32N2. The van der Waals surface area contributed by atoms with E-state index in [4.69, 9.17) is 0 Å². The molecule has 0 aliphatic carbocycles. The number of para-hydroxylation sites is 1. The lowest BCUT2D eigenvalue weighted by atomic mass is 10.1. The number of fused-ring (bicyclic) bond motifs is 1. The fourth-order valence-electron chi connectivity index (χ4n) is 3.25. The van der Waals surface area contributed by atoms with E-state index >= 15 is 0 Å². The van der Waals surface area contributed by atoms with Crippen molar-refractivity contribution in [2.75, 3.05) is 24.5 Å². The first-order valence-corrected chi connectivity index (χ1v) is 8.87. The fourth-order valence-corrected chi connectivity index (χ4v) is 3.25. The molecule has 0 saturated heterocycles. The van der Waals surface area contributed by atoms with Crippen LogP contribution in [0.5, 0.6) is 0 Å². The molecule has 1 N–H and O–H groups in total. The molecule has 0 bridgehead atoms. The Kier molecular flexibility index (Phi) is 7.08. The number of aryl methyl sites for hydroxylation is 1. The van der Waals surface area contributed by atoms with Gasteiger partial charge in [0.05, 0.1) is 0 Å². The third-order valence-electron chi connectivity index (χ3n) is 4.57. The topological polar surface area (TPSA) is 15.3 Å². The minimum Gasteiger partial charge on any atom is -0.370 e. The SMILES string of the molecule is CCCCCC(C)NCCN1CCCCc2ccccc21. The molecule has 1 atom stereocenters. The van der Waals surface area contributed by atoms with E-state index in [1.807, 2.05) is 0 Å². The number of rotatable bonds is 8. The molecule has 0 fully saturated rings. The number of hydrogen-bond donors (Lipinski definition) is 1. The zero-order valence-corrected chi connectivity index (χ0v) is 13.9. The van der Waals surface area contributed by atoms with Crippen molar-refractivity contribution in [3.05, 3.63) is 29.8 Å². The van der Waals surface area contributed by atoms with E-state index in [1.165, 1.54) is 62.7 Å². The van der Waals surface area contributed by atoms with Crippen LogP contribution >= 0.6 is 0 Å². The van der Waals surface area contributed by atoms with Crippen molar-refractivity contribution in [1.29, 1.82) is 0 Å². The molecule has 0 aromatic heterocycles. The molecule has 0 amide bonds. The molecule has 2 nitrogen and oxygen atoms in total. The van der Waals surface area contributed by atoms with Crippen molar-refractivity contribution in [2.45, 2.75) is 64.8 Å². The summed E-state index contributed by atoms with van der Waals surface area (Å²) < 4.78 is 0. The second kappa shape index (κ2) is 9.09. The van der Waals surface area contributed by atoms with E-state index in [0.29, 0.717) is 6.04 Å². The minimum atomic E-state index is 0.652. The highest BCUT2D eigenvalue weighted by atomic mass is 15.1. The van der Waals surface area contributed by atoms with Gasteiger partial charge in [0.15, 0.2) is 0 Å². The van der Waals surface area contributed by atoms with Crippen molar-refractivity contribution in [3.8, 4) is 0 Å². The Morgan fingerprint density at radius 2 is 2.05 bits per heavy atom. The van der Waals surface area contributed by atoms with Crippen LogP contribution in [0.2, 0.25) is 0 Å². The quantitative estimate of drug-likeness (QED) is 0.714. The average molecular weight is 288 g/mol. The monoisotopic (exact) mass is 288 g/mol. The van der Waals surface area contributed by atoms with Crippen LogP contribution in [0.25, 0.3) is 0 Å². The van der Waals surface area contributed by atoms with Crippen LogP contribution in [0.4, 0.5) is 5.69 Å². The highest BCUT2D eigenvalue weighted by Crippen LogP contribution is 2.25. The molecule has 1 aliphatic rings. The van der Waals surface area contributed by atoms with Gasteiger partial charge in [-0.2, -0.15) is 0 Å². The third-order valence-corrected chi connectivity index (χ3v) is 4.57. The summed E-state index contributed by atoms with van der Waals surface area (Å²) in [6, 6.07) is 9.60. The van der Waals surface area contributed by atoms with E-state index in [0.717, 1.165) is 13.1 Å². The van der Waals surface area contributed by atoms with Crippen LogP contribution in [0.15, 0.2) is 24.3 Å². The highest BCUT2D eigenvalue weighted by molar-refractivity contribution is 5.54. The summed E-state index contributed by atoms with van der Waals surface area (Å²) in [4.78, 5) is 2.58. The maximum absolute atomic E-state index is 3.70. The predicted molar refractivity (Wildman–Crippen MR) is 93.2 cm³/mol. The van der Waals surface area contributed by atoms with Gasteiger partial charge >= 0.3 is 0 Å². The van der Waals surface area contributed by atoms with Crippen molar-refractivity contribution in [2.24, 2.45) is 0 Å². The van der Waals surface area contributed by atoms with Gasteiger partial charge in [-0.1, -0.05) is 44.4 Å². The second-order valence-corrected chi connectivity index (χ2v) is 6.42. The number of benzene rings is 1. The van der Waals surface area contributed by atoms with Crippen molar-refractivity contribution >= 4 is 5.69 Å². The Hall–Kier alpha value is -1.02. The van der Waals surface area contributed by atoms with Crippen LogP contribution in [-0.4, -0.2) is 25.7 Å². The van der Waals surface area contributed by atoms with Gasteiger partial charge in [-0.3, -0.25) is 0 Å². The van der Waals surface area contributed by atoms with Gasteiger partial charge in [-0.25, -0.2) is 0 Å². The fraction of sp³-hybridized carbons (Fsp3) is 0.684. The maximum Gasteiger partial charge on any atom is 0.0399 e. The molecule has 21 heavy (non-hydrogen) atoms. The van der Waals surface area contributed by atoms with E-state index in [1.54, 1.807) is 0 Å². The molecule has 2 rings (SSSR count). The minimum absolute atomic E-state index is 0.652. The first-order chi connectivity index (χ1) is 10.3. The van der Waals surface area contributed by atoms with E-state index in [2.05, 4.69) is 48.3 Å². The molecule has 0 radical (unpaired) electrons. The molecule has 118 valence electrons. The lowest BCUT2D eigenvalue weighted by molar-refractivity contribution is 0.488. The first-order valence-electron chi connectivity index (χ1n) is 8.87. The number of hydrogen-bond acceptors (Lipinski definition) is 2. The van der Waals surface area contributed by atoms with Crippen LogP contribution in [0.3, 0.4) is 0 Å². The van der Waals surface area contributed by atoms with E-state index < -0.39 is 0 Å². The molecule has 1 aromatic rings. The van der Waals surface area contributed by atoms with Crippen LogP contribution in [0.1, 0.15) is 57.9 Å². The van der Waals surface area contributed by atoms with Crippen LogP contribution in [-0.2, 0) is 6.42 Å². The molecular weight excluding hydrogens is 256 g/mol. The zero-order chi connectivity index (χ0) is 14.9. The zero-order valence-electron chi connectivity index (χ0n) is 13.9. The highest BCUT2D eigenvalue weighted by Gasteiger charge is 2.14. The molecule has 0 spiro atoms. The van der Waals surface area contributed by atoms with Gasteiger partial charge in [0.25, 0.3) is 0 Å². The molecule has 1 aliphatic heterocycles. The van der Waals surface area contributed by atoms with Crippen molar-refractivity contribution < 1.29 is 0 Å². The van der Waals surface area contributed by atoms with Crippen molar-refractivity contribution in [3.63, 3.8) is 0 Å². The van der Waals surface area contributed by atoms with Gasteiger partial charge in [0.1, 0.15) is 0 Å². The van der Waals surface area contributed by atoms with Crippen molar-refractivity contribution in [1.82, 2.24) is 5.32 Å². The Labute approximate surface area is 130 Å². The Morgan fingerprint density at radius 1 is 1.19 bits per heavy atom. The summed E-state index contributed by atoms with van der Waals surface area (Å²) >= 11 is 0. The summed E-state index contributed by atoms with van der Waals surface area (Å²) in [6.45, 7) is 8.04. The summed E-state index contributed by atoms with van der Waals surface area (Å²) in [5.74, 6) is 0. The maximum atomic E-state index is 3.70. The van der Waals surface area contributed by atoms with Crippen LogP contribution < -0.4 is 10.2 Å². The third kappa shape index (κ3) is 5.35. The van der Waals surface area contributed by atoms with Gasteiger partial charge in [-0.05, 0) is 44.2 Å². The second-order valence-electron chi connectivity index (χ2n) is 6.42. The largest absolute Gasteiger partial charge is 0.370 e. The molecule has 0 saturated carbocycles. The lowest BCUT2D eigenvalue weighted by Crippen LogP contribution is -2.36. The Morgan fingerprint density at radius 3 is 2.90 bits per heavy atom. The van der Waals surface area contributed by atoms with Gasteiger partial charge in [0.2, 0.25) is 0 Å². The number of nitrogens with one attached hydrogen (secondary N) is 1. The van der Waals surface area contributed by atoms with Gasteiger partial charge < -0.3 is 10.2 Å². The number of unbranched alkanes of at least 4 members (excludes halogenated alkanes) is 2. The van der Waals surface area contributed by atoms with Gasteiger partial charge in [-0.15, -0.1) is 0 Å². The summed E-state index contributed by atoms with van der Waals surface area (Å²) in [5.41, 5.74) is 3.00. The van der Waals surface area contributed by atoms with E-state index in [-0.39, 0.29) is 0 Å². The normalized spacial score (nSPS) is 16.4. The summed E-state index contributed by atoms with van der Waals surface area (Å²) in [5, 5.41) is 3.70. The smallest absolute Gasteiger partial charge is 0.0399 e. The van der Waals surface area contributed by atoms with Crippen LogP contribution in [0, 0.1) is 0 Å². The lowest BCUT2D eigenvalue weighted by Gasteiger charge is -2.26. The molecule has 1 heterocycles. The predicted octanol–water partition coefficient (Wildman–Crippen LogP) is 4.39. The summed E-state index contributed by atoms with van der Waals surface area (Å²) in [6.07, 6.45) is 9.24. The number of anilines is 1. The Balaban J connectivity index is 1.77. The molecule has 1 aromatic carbocycles. The average Bonchev–Trinajstić information content (AvgIpc) is 2.70. The standard InChI is InChI=1S/C19H32N2/c1-3-4-5-10-17(2)20-14-16-21-15-9-8-12-18-11-6-7-13-19(18)21/h6-7,11,13,17,20H,3-5,8-10,12,14-16H2,1-2H3.